The summed E-state index contributed by atoms with van der Waals surface area (Å²) in [5.74, 6) is 0. The van der Waals surface area contributed by atoms with E-state index in [-0.39, 0.29) is 22.8 Å². The maximum absolute atomic E-state index is 14.6. The number of hydrogen-bond donors (Lipinski definition) is 0. The Morgan fingerprint density at radius 3 is 1.43 bits per heavy atom. The van der Waals surface area contributed by atoms with Gasteiger partial charge in [0.1, 0.15) is 0 Å². The molecule has 4 nitrogen and oxygen atoms in total. The Kier molecular flexibility index (Phi) is 9.42. The Morgan fingerprint density at radius 1 is 0.462 bits per heavy atom. The fourth-order valence-corrected chi connectivity index (χ4v) is 8.99. The molecule has 0 aliphatic carbocycles. The normalized spacial score (nSPS) is 12.4. The molecule has 0 saturated carbocycles. The third-order valence-electron chi connectivity index (χ3n) is 11.8. The number of para-hydroxylation sites is 2. The highest BCUT2D eigenvalue weighted by Crippen LogP contribution is 2.47. The lowest BCUT2D eigenvalue weighted by Gasteiger charge is -2.21. The highest BCUT2D eigenvalue weighted by molar-refractivity contribution is 6.13. The van der Waals surface area contributed by atoms with Crippen molar-refractivity contribution in [2.45, 2.75) is 25.5 Å². The number of halogens is 9. The van der Waals surface area contributed by atoms with Crippen LogP contribution in [0.1, 0.15) is 27.8 Å². The molecule has 0 N–H and O–H groups in total. The molecule has 0 unspecified atom stereocenters. The summed E-state index contributed by atoms with van der Waals surface area (Å²) < 4.78 is 132. The molecule has 10 aromatic rings. The van der Waals surface area contributed by atoms with Crippen molar-refractivity contribution in [3.8, 4) is 50.8 Å². The summed E-state index contributed by atoms with van der Waals surface area (Å²) in [6.45, 7) is 1.59. The van der Waals surface area contributed by atoms with Gasteiger partial charge in [-0.15, -0.1) is 0 Å². The van der Waals surface area contributed by atoms with Crippen LogP contribution in [-0.4, -0.2) is 14.1 Å². The van der Waals surface area contributed by atoms with E-state index in [0.29, 0.717) is 77.9 Å². The van der Waals surface area contributed by atoms with Crippen molar-refractivity contribution in [1.82, 2.24) is 14.1 Å². The van der Waals surface area contributed by atoms with E-state index in [1.807, 2.05) is 45.5 Å². The summed E-state index contributed by atoms with van der Waals surface area (Å²) in [6.07, 6.45) is -11.7. The fourth-order valence-electron chi connectivity index (χ4n) is 8.99. The Morgan fingerprint density at radius 2 is 0.938 bits per heavy atom. The molecular weight excluding hydrogens is 852 g/mol. The number of aromatic nitrogens is 3. The molecule has 0 aliphatic rings. The van der Waals surface area contributed by atoms with Crippen LogP contribution in [0.15, 0.2) is 158 Å². The zero-order valence-electron chi connectivity index (χ0n) is 33.7. The number of hydrogen-bond acceptors (Lipinski definition) is 2. The van der Waals surface area contributed by atoms with Gasteiger partial charge >= 0.3 is 18.5 Å². The quantitative estimate of drug-likeness (QED) is 0.162. The Hall–Kier alpha value is -7.85. The van der Waals surface area contributed by atoms with E-state index in [1.54, 1.807) is 86.0 Å². The minimum absolute atomic E-state index is 0.00557. The molecule has 0 radical (unpaired) electrons. The van der Waals surface area contributed by atoms with Gasteiger partial charge in [0.15, 0.2) is 0 Å². The largest absolute Gasteiger partial charge is 0.417 e. The van der Waals surface area contributed by atoms with Gasteiger partial charge in [-0.1, -0.05) is 84.4 Å². The molecule has 0 aliphatic heterocycles. The summed E-state index contributed by atoms with van der Waals surface area (Å²) in [5.41, 5.74) is 0.923. The lowest BCUT2D eigenvalue weighted by Crippen LogP contribution is -2.12. The van der Waals surface area contributed by atoms with Crippen LogP contribution >= 0.6 is 0 Å². The minimum atomic E-state index is -5.14. The van der Waals surface area contributed by atoms with Gasteiger partial charge in [-0.05, 0) is 101 Å². The van der Waals surface area contributed by atoms with E-state index in [1.165, 1.54) is 18.2 Å². The highest BCUT2D eigenvalue weighted by atomic mass is 19.4. The molecule has 7 aromatic carbocycles. The van der Waals surface area contributed by atoms with Crippen LogP contribution < -0.4 is 0 Å². The second-order valence-corrected chi connectivity index (χ2v) is 15.7. The molecule has 0 bridgehead atoms. The molecular formula is C52H29F9N4. The van der Waals surface area contributed by atoms with Crippen molar-refractivity contribution in [2.24, 2.45) is 0 Å². The first-order valence-corrected chi connectivity index (χ1v) is 20.0. The molecule has 3 heterocycles. The number of benzene rings is 7. The lowest BCUT2D eigenvalue weighted by atomic mass is 9.95. The Bertz CT molecular complexity index is 3590. The highest BCUT2D eigenvalue weighted by Gasteiger charge is 2.39. The van der Waals surface area contributed by atoms with Crippen LogP contribution in [0, 0.1) is 18.3 Å². The van der Waals surface area contributed by atoms with Crippen LogP contribution in [0.2, 0.25) is 0 Å². The zero-order chi connectivity index (χ0) is 45.6. The number of aryl methyl sites for hydroxylation is 1. The molecule has 0 fully saturated rings. The Labute approximate surface area is 363 Å². The van der Waals surface area contributed by atoms with E-state index in [2.05, 4.69) is 11.1 Å². The van der Waals surface area contributed by atoms with E-state index >= 15 is 0 Å². The molecule has 0 saturated heterocycles. The molecule has 3 aromatic heterocycles. The first-order valence-electron chi connectivity index (χ1n) is 20.0. The lowest BCUT2D eigenvalue weighted by molar-refractivity contribution is -0.143. The maximum Gasteiger partial charge on any atom is 0.417 e. The van der Waals surface area contributed by atoms with E-state index in [4.69, 9.17) is 0 Å². The zero-order valence-corrected chi connectivity index (χ0v) is 33.7. The van der Waals surface area contributed by atoms with Gasteiger partial charge in [0.2, 0.25) is 0 Å². The molecule has 10 rings (SSSR count). The van der Waals surface area contributed by atoms with E-state index < -0.39 is 40.8 Å². The van der Waals surface area contributed by atoms with Crippen molar-refractivity contribution >= 4 is 43.6 Å². The van der Waals surface area contributed by atoms with Crippen molar-refractivity contribution in [2.75, 3.05) is 0 Å². The van der Waals surface area contributed by atoms with Gasteiger partial charge < -0.3 is 9.13 Å². The third-order valence-corrected chi connectivity index (χ3v) is 11.8. The average Bonchev–Trinajstić information content (AvgIpc) is 3.79. The number of alkyl halides is 9. The standard InChI is InChI=1S/C52H29F9N4/c1-29-10-14-35(41(22-29)51(56,57)58)32-11-15-39-37-6-2-4-8-43(37)64(45(39)25-32)47-23-30(28-62)24-48(49(47)31-18-20-63-21-19-31)65-44-9-5-3-7-38(44)40-16-12-33(26-46(40)65)36-17-13-34(50(53,54)55)27-42(36)52(59,60)61/h2-27H,1H3. The van der Waals surface area contributed by atoms with Crippen molar-refractivity contribution in [3.05, 3.63) is 186 Å². The van der Waals surface area contributed by atoms with E-state index in [9.17, 15) is 44.8 Å². The summed E-state index contributed by atoms with van der Waals surface area (Å²) in [4.78, 5) is 4.24. The van der Waals surface area contributed by atoms with Crippen LogP contribution in [0.25, 0.3) is 88.4 Å². The summed E-state index contributed by atoms with van der Waals surface area (Å²) >= 11 is 0. The predicted octanol–water partition coefficient (Wildman–Crippen LogP) is 15.5. The number of pyridine rings is 1. The van der Waals surface area contributed by atoms with Gasteiger partial charge in [0, 0.05) is 39.5 Å². The number of nitriles is 1. The monoisotopic (exact) mass is 880 g/mol. The SMILES string of the molecule is Cc1ccc(-c2ccc3c4ccccc4n(-c4cc(C#N)cc(-n5c6ccccc6c6ccc(-c7ccc(C(F)(F)F)cc7C(F)(F)F)cc65)c4-c4ccncc4)c3c2)c(C(F)(F)F)c1. The smallest absolute Gasteiger partial charge is 0.308 e. The average molecular weight is 881 g/mol. The van der Waals surface area contributed by atoms with Crippen molar-refractivity contribution in [3.63, 3.8) is 0 Å². The molecule has 65 heavy (non-hydrogen) atoms. The Balaban J connectivity index is 1.32. The predicted molar refractivity (Wildman–Crippen MR) is 234 cm³/mol. The molecule has 0 atom stereocenters. The molecule has 13 heteroatoms. The second kappa shape index (κ2) is 14.9. The fraction of sp³-hybridized carbons (Fsp3) is 0.0769. The van der Waals surface area contributed by atoms with Gasteiger partial charge in [-0.3, -0.25) is 4.98 Å². The summed E-state index contributed by atoms with van der Waals surface area (Å²) in [5, 5.41) is 13.5. The molecule has 0 amide bonds. The van der Waals surface area contributed by atoms with E-state index in [0.717, 1.165) is 17.5 Å². The van der Waals surface area contributed by atoms with Crippen LogP contribution in [0.4, 0.5) is 39.5 Å². The van der Waals surface area contributed by atoms with Gasteiger partial charge in [0.25, 0.3) is 0 Å². The van der Waals surface area contributed by atoms with Crippen LogP contribution in [0.3, 0.4) is 0 Å². The first kappa shape index (κ1) is 41.2. The third kappa shape index (κ3) is 6.93. The molecule has 320 valence electrons. The first-order chi connectivity index (χ1) is 31.0. The number of nitrogens with zero attached hydrogens (tertiary/aromatic N) is 4. The van der Waals surface area contributed by atoms with Crippen molar-refractivity contribution < 1.29 is 39.5 Å². The summed E-state index contributed by atoms with van der Waals surface area (Å²) in [6, 6.07) is 39.2. The van der Waals surface area contributed by atoms with Gasteiger partial charge in [-0.2, -0.15) is 44.8 Å². The topological polar surface area (TPSA) is 46.5 Å². The van der Waals surface area contributed by atoms with Crippen molar-refractivity contribution in [1.29, 1.82) is 5.26 Å². The maximum atomic E-state index is 14.6. The van der Waals surface area contributed by atoms with Crippen LogP contribution in [-0.2, 0) is 18.5 Å². The van der Waals surface area contributed by atoms with Gasteiger partial charge in [0.05, 0.1) is 61.8 Å². The summed E-state index contributed by atoms with van der Waals surface area (Å²) in [7, 11) is 0. The second-order valence-electron chi connectivity index (χ2n) is 15.7. The number of fused-ring (bicyclic) bond motifs is 6. The van der Waals surface area contributed by atoms with Gasteiger partial charge in [-0.25, -0.2) is 0 Å². The minimum Gasteiger partial charge on any atom is -0.308 e. The van der Waals surface area contributed by atoms with Crippen LogP contribution in [0.5, 0.6) is 0 Å². The molecule has 0 spiro atoms. The number of rotatable bonds is 5.